The SMILES string of the molecule is Cc1oncc1-c1nnc(CCCNC(C)(C)C)o1. The largest absolute Gasteiger partial charge is 0.421 e. The second-order valence-electron chi connectivity index (χ2n) is 5.58. The van der Waals surface area contributed by atoms with Gasteiger partial charge >= 0.3 is 0 Å². The van der Waals surface area contributed by atoms with Gasteiger partial charge in [-0.05, 0) is 40.7 Å². The van der Waals surface area contributed by atoms with Gasteiger partial charge < -0.3 is 14.3 Å². The highest BCUT2D eigenvalue weighted by atomic mass is 16.5. The smallest absolute Gasteiger partial charge is 0.252 e. The van der Waals surface area contributed by atoms with Crippen LogP contribution in [-0.4, -0.2) is 27.4 Å². The molecule has 0 saturated carbocycles. The van der Waals surface area contributed by atoms with Crippen LogP contribution in [0.3, 0.4) is 0 Å². The van der Waals surface area contributed by atoms with Crippen molar-refractivity contribution in [1.82, 2.24) is 20.7 Å². The summed E-state index contributed by atoms with van der Waals surface area (Å²) in [6, 6.07) is 0. The number of aryl methyl sites for hydroxylation is 2. The van der Waals surface area contributed by atoms with Crippen molar-refractivity contribution < 1.29 is 8.94 Å². The van der Waals surface area contributed by atoms with Crippen molar-refractivity contribution in [3.05, 3.63) is 17.8 Å². The molecule has 0 aliphatic carbocycles. The van der Waals surface area contributed by atoms with Gasteiger partial charge in [0.2, 0.25) is 5.89 Å². The summed E-state index contributed by atoms with van der Waals surface area (Å²) in [5.74, 6) is 1.80. The minimum Gasteiger partial charge on any atom is -0.421 e. The summed E-state index contributed by atoms with van der Waals surface area (Å²) in [4.78, 5) is 0. The predicted octanol–water partition coefficient (Wildman–Crippen LogP) is 2.35. The molecule has 0 aliphatic rings. The van der Waals surface area contributed by atoms with Gasteiger partial charge in [-0.25, -0.2) is 0 Å². The summed E-state index contributed by atoms with van der Waals surface area (Å²) in [5, 5.41) is 15.2. The molecule has 0 unspecified atom stereocenters. The molecule has 2 rings (SSSR count). The molecule has 6 heteroatoms. The molecule has 0 amide bonds. The zero-order valence-corrected chi connectivity index (χ0v) is 11.9. The van der Waals surface area contributed by atoms with Crippen LogP contribution in [0, 0.1) is 6.92 Å². The van der Waals surface area contributed by atoms with Crippen LogP contribution in [0.1, 0.15) is 38.8 Å². The summed E-state index contributed by atoms with van der Waals surface area (Å²) < 4.78 is 10.6. The van der Waals surface area contributed by atoms with Crippen molar-refractivity contribution in [1.29, 1.82) is 0 Å². The Morgan fingerprint density at radius 3 is 2.68 bits per heavy atom. The molecule has 0 fully saturated rings. The molecule has 2 heterocycles. The van der Waals surface area contributed by atoms with Crippen molar-refractivity contribution in [3.63, 3.8) is 0 Å². The fraction of sp³-hybridized carbons (Fsp3) is 0.615. The molecular formula is C13H20N4O2. The first-order valence-corrected chi connectivity index (χ1v) is 6.45. The number of hydrogen-bond acceptors (Lipinski definition) is 6. The molecule has 0 spiro atoms. The lowest BCUT2D eigenvalue weighted by atomic mass is 10.1. The number of rotatable bonds is 5. The van der Waals surface area contributed by atoms with Crippen LogP contribution in [-0.2, 0) is 6.42 Å². The van der Waals surface area contributed by atoms with Crippen LogP contribution in [0.2, 0.25) is 0 Å². The molecule has 6 nitrogen and oxygen atoms in total. The third-order valence-electron chi connectivity index (χ3n) is 2.67. The summed E-state index contributed by atoms with van der Waals surface area (Å²) in [7, 11) is 0. The van der Waals surface area contributed by atoms with Gasteiger partial charge in [0.05, 0.1) is 6.20 Å². The van der Waals surface area contributed by atoms with E-state index in [1.165, 1.54) is 0 Å². The van der Waals surface area contributed by atoms with E-state index in [4.69, 9.17) is 8.94 Å². The number of nitrogens with zero attached hydrogens (tertiary/aromatic N) is 3. The van der Waals surface area contributed by atoms with Gasteiger partial charge in [0.1, 0.15) is 11.3 Å². The number of hydrogen-bond donors (Lipinski definition) is 1. The lowest BCUT2D eigenvalue weighted by molar-refractivity contribution is 0.397. The van der Waals surface area contributed by atoms with Crippen LogP contribution in [0.5, 0.6) is 0 Å². The molecule has 2 aromatic heterocycles. The van der Waals surface area contributed by atoms with Gasteiger partial charge in [-0.3, -0.25) is 0 Å². The van der Waals surface area contributed by atoms with Crippen LogP contribution in [0.15, 0.2) is 15.1 Å². The van der Waals surface area contributed by atoms with E-state index in [1.807, 2.05) is 6.92 Å². The average molecular weight is 264 g/mol. The molecule has 104 valence electrons. The number of aromatic nitrogens is 3. The maximum absolute atomic E-state index is 5.59. The van der Waals surface area contributed by atoms with E-state index in [0.29, 0.717) is 17.5 Å². The van der Waals surface area contributed by atoms with E-state index >= 15 is 0 Å². The number of nitrogens with one attached hydrogen (secondary N) is 1. The summed E-state index contributed by atoms with van der Waals surface area (Å²) in [6.07, 6.45) is 3.32. The Kier molecular flexibility index (Phi) is 3.99. The highest BCUT2D eigenvalue weighted by molar-refractivity contribution is 5.52. The highest BCUT2D eigenvalue weighted by Crippen LogP contribution is 2.21. The molecule has 0 bridgehead atoms. The van der Waals surface area contributed by atoms with Crippen LogP contribution in [0.4, 0.5) is 0 Å². The first kappa shape index (κ1) is 13.7. The lowest BCUT2D eigenvalue weighted by Crippen LogP contribution is -2.36. The Balaban J connectivity index is 1.87. The topological polar surface area (TPSA) is 77.0 Å². The van der Waals surface area contributed by atoms with Gasteiger partial charge in [0.25, 0.3) is 5.89 Å². The monoisotopic (exact) mass is 264 g/mol. The van der Waals surface area contributed by atoms with Gasteiger partial charge in [0, 0.05) is 12.0 Å². The molecule has 0 saturated heterocycles. The normalized spacial score (nSPS) is 12.0. The van der Waals surface area contributed by atoms with Crippen molar-refractivity contribution in [2.24, 2.45) is 0 Å². The minimum atomic E-state index is 0.138. The molecule has 1 N–H and O–H groups in total. The highest BCUT2D eigenvalue weighted by Gasteiger charge is 2.14. The predicted molar refractivity (Wildman–Crippen MR) is 70.6 cm³/mol. The molecule has 2 aromatic rings. The molecular weight excluding hydrogens is 244 g/mol. The Bertz CT molecular complexity index is 525. The minimum absolute atomic E-state index is 0.138. The van der Waals surface area contributed by atoms with Gasteiger partial charge in [-0.1, -0.05) is 5.16 Å². The van der Waals surface area contributed by atoms with E-state index in [9.17, 15) is 0 Å². The summed E-state index contributed by atoms with van der Waals surface area (Å²) >= 11 is 0. The van der Waals surface area contributed by atoms with Gasteiger partial charge in [0.15, 0.2) is 0 Å². The maximum Gasteiger partial charge on any atom is 0.252 e. The average Bonchev–Trinajstić information content (AvgIpc) is 2.91. The Morgan fingerprint density at radius 2 is 2.05 bits per heavy atom. The molecule has 0 radical (unpaired) electrons. The van der Waals surface area contributed by atoms with Crippen LogP contribution >= 0.6 is 0 Å². The second kappa shape index (κ2) is 5.52. The quantitative estimate of drug-likeness (QED) is 0.835. The maximum atomic E-state index is 5.59. The Labute approximate surface area is 112 Å². The lowest BCUT2D eigenvalue weighted by Gasteiger charge is -2.19. The van der Waals surface area contributed by atoms with Crippen molar-refractivity contribution in [3.8, 4) is 11.5 Å². The standard InChI is InChI=1S/C13H20N4O2/c1-9-10(8-15-19-9)12-17-16-11(18-12)6-5-7-14-13(2,3)4/h8,14H,5-7H2,1-4H3. The van der Waals surface area contributed by atoms with Gasteiger partial charge in [-0.2, -0.15) is 0 Å². The molecule has 0 aliphatic heterocycles. The molecule has 0 aromatic carbocycles. The Hall–Kier alpha value is -1.69. The zero-order chi connectivity index (χ0) is 13.9. The van der Waals surface area contributed by atoms with Gasteiger partial charge in [-0.15, -0.1) is 10.2 Å². The van der Waals surface area contributed by atoms with Crippen molar-refractivity contribution >= 4 is 0 Å². The molecule has 19 heavy (non-hydrogen) atoms. The van der Waals surface area contributed by atoms with E-state index in [1.54, 1.807) is 6.20 Å². The zero-order valence-electron chi connectivity index (χ0n) is 11.9. The fourth-order valence-electron chi connectivity index (χ4n) is 1.67. The third-order valence-corrected chi connectivity index (χ3v) is 2.67. The van der Waals surface area contributed by atoms with Crippen molar-refractivity contribution in [2.45, 2.75) is 46.1 Å². The Morgan fingerprint density at radius 1 is 1.26 bits per heavy atom. The van der Waals surface area contributed by atoms with Crippen molar-refractivity contribution in [2.75, 3.05) is 6.54 Å². The third kappa shape index (κ3) is 3.89. The first-order valence-electron chi connectivity index (χ1n) is 6.45. The van der Waals surface area contributed by atoms with Crippen LogP contribution < -0.4 is 5.32 Å². The molecule has 0 atom stereocenters. The van der Waals surface area contributed by atoms with E-state index < -0.39 is 0 Å². The van der Waals surface area contributed by atoms with Crippen LogP contribution in [0.25, 0.3) is 11.5 Å². The van der Waals surface area contributed by atoms with E-state index in [0.717, 1.165) is 24.9 Å². The summed E-state index contributed by atoms with van der Waals surface area (Å²) in [5.41, 5.74) is 0.895. The first-order chi connectivity index (χ1) is 8.96. The van der Waals surface area contributed by atoms with E-state index in [-0.39, 0.29) is 5.54 Å². The fourth-order valence-corrected chi connectivity index (χ4v) is 1.67. The summed E-state index contributed by atoms with van der Waals surface area (Å²) in [6.45, 7) is 9.18. The second-order valence-corrected chi connectivity index (χ2v) is 5.58. The van der Waals surface area contributed by atoms with E-state index in [2.05, 4.69) is 41.4 Å².